The van der Waals surface area contributed by atoms with Crippen molar-refractivity contribution in [2.75, 3.05) is 32.9 Å². The molecule has 2 aliphatic heterocycles. The Labute approximate surface area is 230 Å². The molecule has 3 unspecified atom stereocenters. The Hall–Kier alpha value is -2.82. The third-order valence-corrected chi connectivity index (χ3v) is 7.56. The zero-order chi connectivity index (χ0) is 27.8. The minimum Gasteiger partial charge on any atom is -0.466 e. The number of piperidine rings is 1. The Morgan fingerprint density at radius 3 is 2.54 bits per heavy atom. The molecule has 2 aromatic rings. The quantitative estimate of drug-likeness (QED) is 0.312. The molecule has 2 aliphatic rings. The van der Waals surface area contributed by atoms with Crippen LogP contribution in [0.25, 0.3) is 5.57 Å². The molecule has 10 heteroatoms. The number of ether oxygens (including phenoxy) is 3. The average molecular weight is 564 g/mol. The summed E-state index contributed by atoms with van der Waals surface area (Å²) in [5.74, 6) is -1.73. The summed E-state index contributed by atoms with van der Waals surface area (Å²) in [5.41, 5.74) is 0.585. The highest BCUT2D eigenvalue weighted by molar-refractivity contribution is 7.99. The molecule has 2 heterocycles. The van der Waals surface area contributed by atoms with Crippen LogP contribution in [0.15, 0.2) is 65.6 Å². The predicted octanol–water partition coefficient (Wildman–Crippen LogP) is 5.51. The molecule has 3 atom stereocenters. The number of amides is 1. The highest BCUT2D eigenvalue weighted by Crippen LogP contribution is 2.32. The van der Waals surface area contributed by atoms with Gasteiger partial charge in [0.25, 0.3) is 5.91 Å². The van der Waals surface area contributed by atoms with E-state index in [0.29, 0.717) is 26.1 Å². The van der Waals surface area contributed by atoms with Crippen LogP contribution in [-0.2, 0) is 30.2 Å². The lowest BCUT2D eigenvalue weighted by Crippen LogP contribution is -2.43. The van der Waals surface area contributed by atoms with Gasteiger partial charge in [0.1, 0.15) is 5.44 Å². The maximum atomic E-state index is 13.4. The molecular weight excluding hydrogens is 531 g/mol. The SMILES string of the molecule is CCOC(=O)C1CCCN(C(=O)/C(=C/C(F)(F)F)c2ccc(SC3COCC(Cc4ccccc4)O3)cc2)C1. The molecule has 4 rings (SSSR count). The van der Waals surface area contributed by atoms with Gasteiger partial charge in [0, 0.05) is 30.5 Å². The largest absolute Gasteiger partial charge is 0.466 e. The second-order valence-corrected chi connectivity index (χ2v) is 10.7. The number of esters is 1. The van der Waals surface area contributed by atoms with Crippen LogP contribution in [-0.4, -0.2) is 67.4 Å². The van der Waals surface area contributed by atoms with Crippen LogP contribution in [0.2, 0.25) is 0 Å². The average Bonchev–Trinajstić information content (AvgIpc) is 2.92. The summed E-state index contributed by atoms with van der Waals surface area (Å²) in [7, 11) is 0. The number of halogens is 3. The third-order valence-electron chi connectivity index (χ3n) is 6.51. The van der Waals surface area contributed by atoms with E-state index in [1.165, 1.54) is 28.8 Å². The first-order chi connectivity index (χ1) is 18.7. The molecule has 210 valence electrons. The van der Waals surface area contributed by atoms with Crippen LogP contribution in [0, 0.1) is 5.92 Å². The molecule has 0 spiro atoms. The van der Waals surface area contributed by atoms with Crippen molar-refractivity contribution in [1.29, 1.82) is 0 Å². The molecule has 0 aliphatic carbocycles. The van der Waals surface area contributed by atoms with Crippen molar-refractivity contribution in [3.8, 4) is 0 Å². The highest BCUT2D eigenvalue weighted by atomic mass is 32.2. The van der Waals surface area contributed by atoms with E-state index >= 15 is 0 Å². The van der Waals surface area contributed by atoms with Crippen LogP contribution in [0.3, 0.4) is 0 Å². The zero-order valence-corrected chi connectivity index (χ0v) is 22.5. The van der Waals surface area contributed by atoms with E-state index in [1.54, 1.807) is 19.1 Å². The van der Waals surface area contributed by atoms with Crippen LogP contribution in [0.5, 0.6) is 0 Å². The second kappa shape index (κ2) is 13.5. The van der Waals surface area contributed by atoms with Crippen molar-refractivity contribution in [2.45, 2.75) is 48.8 Å². The number of allylic oxidation sites excluding steroid dienone is 1. The normalized spacial score (nSPS) is 22.4. The molecule has 0 N–H and O–H groups in total. The van der Waals surface area contributed by atoms with Crippen molar-refractivity contribution in [3.63, 3.8) is 0 Å². The van der Waals surface area contributed by atoms with E-state index in [9.17, 15) is 22.8 Å². The number of carbonyl (C=O) groups excluding carboxylic acids is 2. The molecule has 0 aromatic heterocycles. The van der Waals surface area contributed by atoms with Crippen molar-refractivity contribution in [1.82, 2.24) is 4.90 Å². The minimum absolute atomic E-state index is 0.0317. The Bertz CT molecular complexity index is 1140. The fraction of sp³-hybridized carbons (Fsp3) is 0.448. The van der Waals surface area contributed by atoms with Gasteiger partial charge < -0.3 is 19.1 Å². The number of carbonyl (C=O) groups is 2. The Kier molecular flexibility index (Phi) is 10.1. The molecule has 2 aromatic carbocycles. The molecule has 2 saturated heterocycles. The lowest BCUT2D eigenvalue weighted by Gasteiger charge is -2.32. The van der Waals surface area contributed by atoms with E-state index in [0.717, 1.165) is 16.9 Å². The number of alkyl halides is 3. The number of hydrogen-bond donors (Lipinski definition) is 0. The van der Waals surface area contributed by atoms with E-state index in [-0.39, 0.29) is 42.9 Å². The van der Waals surface area contributed by atoms with Crippen LogP contribution in [0.4, 0.5) is 13.2 Å². The Morgan fingerprint density at radius 2 is 1.85 bits per heavy atom. The van der Waals surface area contributed by atoms with Gasteiger partial charge in [-0.1, -0.05) is 54.2 Å². The van der Waals surface area contributed by atoms with Gasteiger partial charge in [0.2, 0.25) is 0 Å². The van der Waals surface area contributed by atoms with E-state index in [2.05, 4.69) is 0 Å². The van der Waals surface area contributed by atoms with Crippen LogP contribution < -0.4 is 0 Å². The van der Waals surface area contributed by atoms with Gasteiger partial charge >= 0.3 is 12.1 Å². The summed E-state index contributed by atoms with van der Waals surface area (Å²) in [6.07, 6.45) is -2.98. The number of likely N-dealkylation sites (tertiary alicyclic amines) is 1. The van der Waals surface area contributed by atoms with Crippen molar-refractivity contribution >= 4 is 29.2 Å². The summed E-state index contributed by atoms with van der Waals surface area (Å²) in [4.78, 5) is 27.5. The molecular formula is C29H32F3NO5S. The van der Waals surface area contributed by atoms with E-state index < -0.39 is 29.5 Å². The standard InChI is InChI=1S/C29H32F3NO5S/c1-2-37-28(35)22-9-6-14-33(17-22)27(34)25(16-29(30,31)32)21-10-12-24(13-11-21)39-26-19-36-18-23(38-26)15-20-7-4-3-5-8-20/h3-5,7-8,10-13,16,22-23,26H,2,6,9,14-15,17-19H2,1H3/b25-16+. The first-order valence-electron chi connectivity index (χ1n) is 13.0. The molecule has 0 radical (unpaired) electrons. The predicted molar refractivity (Wildman–Crippen MR) is 142 cm³/mol. The van der Waals surface area contributed by atoms with Crippen LogP contribution >= 0.6 is 11.8 Å². The lowest BCUT2D eigenvalue weighted by molar-refractivity contribution is -0.150. The summed E-state index contributed by atoms with van der Waals surface area (Å²) < 4.78 is 57.3. The molecule has 2 fully saturated rings. The number of hydrogen-bond acceptors (Lipinski definition) is 6. The lowest BCUT2D eigenvalue weighted by atomic mass is 9.96. The van der Waals surface area contributed by atoms with Gasteiger partial charge in [-0.05, 0) is 43.0 Å². The van der Waals surface area contributed by atoms with E-state index in [1.807, 2.05) is 30.3 Å². The van der Waals surface area contributed by atoms with Crippen molar-refractivity contribution in [3.05, 3.63) is 71.8 Å². The Morgan fingerprint density at radius 1 is 1.10 bits per heavy atom. The number of rotatable bonds is 8. The zero-order valence-electron chi connectivity index (χ0n) is 21.7. The number of benzene rings is 2. The van der Waals surface area contributed by atoms with Gasteiger partial charge in [0.05, 0.1) is 37.4 Å². The fourth-order valence-corrected chi connectivity index (χ4v) is 5.69. The monoisotopic (exact) mass is 563 g/mol. The molecule has 6 nitrogen and oxygen atoms in total. The molecule has 1 amide bonds. The minimum atomic E-state index is -4.68. The van der Waals surface area contributed by atoms with Gasteiger partial charge in [-0.25, -0.2) is 0 Å². The number of thioether (sulfide) groups is 1. The van der Waals surface area contributed by atoms with E-state index in [4.69, 9.17) is 14.2 Å². The molecule has 0 saturated carbocycles. The van der Waals surface area contributed by atoms with Crippen LogP contribution in [0.1, 0.15) is 30.9 Å². The summed E-state index contributed by atoms with van der Waals surface area (Å²) >= 11 is 1.42. The number of nitrogens with zero attached hydrogens (tertiary/aromatic N) is 1. The summed E-state index contributed by atoms with van der Waals surface area (Å²) in [5, 5.41) is 0. The fourth-order valence-electron chi connectivity index (χ4n) is 4.72. The summed E-state index contributed by atoms with van der Waals surface area (Å²) in [6.45, 7) is 3.09. The van der Waals surface area contributed by atoms with Gasteiger partial charge in [-0.2, -0.15) is 13.2 Å². The van der Waals surface area contributed by atoms with Gasteiger partial charge in [0.15, 0.2) is 0 Å². The van der Waals surface area contributed by atoms with Crippen molar-refractivity contribution in [2.24, 2.45) is 5.92 Å². The smallest absolute Gasteiger partial charge is 0.410 e. The maximum absolute atomic E-state index is 13.4. The van der Waals surface area contributed by atoms with Crippen molar-refractivity contribution < 1.29 is 37.0 Å². The third kappa shape index (κ3) is 8.58. The highest BCUT2D eigenvalue weighted by Gasteiger charge is 2.34. The molecule has 0 bridgehead atoms. The molecule has 39 heavy (non-hydrogen) atoms. The first kappa shape index (κ1) is 29.2. The van der Waals surface area contributed by atoms with Gasteiger partial charge in [-0.3, -0.25) is 9.59 Å². The second-order valence-electron chi connectivity index (χ2n) is 9.50. The topological polar surface area (TPSA) is 65.1 Å². The maximum Gasteiger partial charge on any atom is 0.410 e. The Balaban J connectivity index is 1.43. The summed E-state index contributed by atoms with van der Waals surface area (Å²) in [6, 6.07) is 16.4. The van der Waals surface area contributed by atoms with Gasteiger partial charge in [-0.15, -0.1) is 0 Å². The first-order valence-corrected chi connectivity index (χ1v) is 13.9.